The Labute approximate surface area is 98.7 Å². The van der Waals surface area contributed by atoms with Crippen LogP contribution < -0.4 is 10.5 Å². The number of aryl methyl sites for hydroxylation is 1. The average molecular weight is 234 g/mol. The van der Waals surface area contributed by atoms with Crippen molar-refractivity contribution in [2.75, 3.05) is 12.8 Å². The van der Waals surface area contributed by atoms with Crippen LogP contribution >= 0.6 is 0 Å². The molecular weight excluding hydrogens is 220 g/mol. The fourth-order valence-electron chi connectivity index (χ4n) is 1.46. The number of ether oxygens (including phenoxy) is 1. The number of rotatable bonds is 2. The summed E-state index contributed by atoms with van der Waals surface area (Å²) in [6.45, 7) is 5.87. The first kappa shape index (κ1) is 11.3. The number of nitrogens with two attached hydrogens (primary N) is 1. The van der Waals surface area contributed by atoms with Gasteiger partial charge in [-0.15, -0.1) is 0 Å². The van der Waals surface area contributed by atoms with Gasteiger partial charge in [-0.2, -0.15) is 20.1 Å². The van der Waals surface area contributed by atoms with E-state index in [1.54, 1.807) is 4.68 Å². The van der Waals surface area contributed by atoms with Gasteiger partial charge in [0.2, 0.25) is 5.95 Å². The van der Waals surface area contributed by atoms with Crippen molar-refractivity contribution < 1.29 is 4.74 Å². The van der Waals surface area contributed by atoms with Crippen LogP contribution in [0.3, 0.4) is 0 Å². The van der Waals surface area contributed by atoms with Gasteiger partial charge in [-0.1, -0.05) is 0 Å². The van der Waals surface area contributed by atoms with Gasteiger partial charge in [0.15, 0.2) is 0 Å². The topological polar surface area (TPSA) is 91.7 Å². The molecule has 0 bridgehead atoms. The van der Waals surface area contributed by atoms with Crippen LogP contribution in [0, 0.1) is 20.8 Å². The van der Waals surface area contributed by atoms with Crippen molar-refractivity contribution in [2.45, 2.75) is 20.8 Å². The lowest BCUT2D eigenvalue weighted by molar-refractivity contribution is 0.377. The highest BCUT2D eigenvalue weighted by Crippen LogP contribution is 2.15. The zero-order valence-corrected chi connectivity index (χ0v) is 10.2. The quantitative estimate of drug-likeness (QED) is 0.816. The molecule has 2 N–H and O–H groups in total. The third-order valence-corrected chi connectivity index (χ3v) is 2.65. The van der Waals surface area contributed by atoms with E-state index in [1.807, 2.05) is 20.8 Å². The van der Waals surface area contributed by atoms with E-state index in [9.17, 15) is 0 Å². The largest absolute Gasteiger partial charge is 0.467 e. The molecule has 7 nitrogen and oxygen atoms in total. The molecule has 0 aliphatic carbocycles. The first-order valence-electron chi connectivity index (χ1n) is 5.11. The maximum absolute atomic E-state index is 5.58. The zero-order chi connectivity index (χ0) is 12.6. The molecule has 90 valence electrons. The maximum Gasteiger partial charge on any atom is 0.322 e. The highest BCUT2D eigenvalue weighted by Gasteiger charge is 2.13. The number of hydrogen-bond acceptors (Lipinski definition) is 6. The van der Waals surface area contributed by atoms with Gasteiger partial charge < -0.3 is 10.5 Å². The number of nitrogen functional groups attached to an aromatic ring is 1. The SMILES string of the molecule is COc1nc(N)nc(-n2nc(C)c(C)c2C)n1. The van der Waals surface area contributed by atoms with E-state index in [0.29, 0.717) is 5.95 Å². The minimum atomic E-state index is 0.108. The van der Waals surface area contributed by atoms with Gasteiger partial charge in [-0.05, 0) is 26.3 Å². The smallest absolute Gasteiger partial charge is 0.322 e. The second-order valence-corrected chi connectivity index (χ2v) is 3.69. The molecule has 7 heteroatoms. The molecule has 2 aromatic rings. The molecule has 0 fully saturated rings. The molecule has 17 heavy (non-hydrogen) atoms. The van der Waals surface area contributed by atoms with Crippen LogP contribution in [0.15, 0.2) is 0 Å². The Morgan fingerprint density at radius 1 is 1.12 bits per heavy atom. The summed E-state index contributed by atoms with van der Waals surface area (Å²) in [7, 11) is 1.48. The summed E-state index contributed by atoms with van der Waals surface area (Å²) < 4.78 is 6.58. The Hall–Kier alpha value is -2.18. The fraction of sp³-hybridized carbons (Fsp3) is 0.400. The van der Waals surface area contributed by atoms with Crippen LogP contribution in [0.25, 0.3) is 5.95 Å². The fourth-order valence-corrected chi connectivity index (χ4v) is 1.46. The monoisotopic (exact) mass is 234 g/mol. The van der Waals surface area contributed by atoms with E-state index in [2.05, 4.69) is 20.1 Å². The second kappa shape index (κ2) is 4.00. The van der Waals surface area contributed by atoms with Crippen molar-refractivity contribution in [3.63, 3.8) is 0 Å². The summed E-state index contributed by atoms with van der Waals surface area (Å²) in [5.41, 5.74) is 8.58. The molecule has 0 unspecified atom stereocenters. The molecule has 2 heterocycles. The van der Waals surface area contributed by atoms with Gasteiger partial charge in [-0.3, -0.25) is 0 Å². The molecule has 0 spiro atoms. The lowest BCUT2D eigenvalue weighted by atomic mass is 10.2. The van der Waals surface area contributed by atoms with Crippen molar-refractivity contribution in [1.82, 2.24) is 24.7 Å². The standard InChI is InChI=1S/C10H14N6O/c1-5-6(2)15-16(7(5)3)9-12-8(11)13-10(14-9)17-4/h1-4H3,(H2,11,12,13,14). The predicted molar refractivity (Wildman–Crippen MR) is 62.1 cm³/mol. The Bertz CT molecular complexity index is 562. The van der Waals surface area contributed by atoms with Gasteiger partial charge in [0.25, 0.3) is 5.95 Å². The second-order valence-electron chi connectivity index (χ2n) is 3.69. The first-order chi connectivity index (χ1) is 8.02. The summed E-state index contributed by atoms with van der Waals surface area (Å²) in [5, 5.41) is 4.35. The van der Waals surface area contributed by atoms with E-state index < -0.39 is 0 Å². The van der Waals surface area contributed by atoms with Gasteiger partial charge in [0, 0.05) is 5.69 Å². The van der Waals surface area contributed by atoms with Gasteiger partial charge in [0.1, 0.15) is 0 Å². The van der Waals surface area contributed by atoms with E-state index in [-0.39, 0.29) is 12.0 Å². The number of aromatic nitrogens is 5. The Kier molecular flexibility index (Phi) is 2.66. The summed E-state index contributed by atoms with van der Waals surface area (Å²) in [6.07, 6.45) is 0. The van der Waals surface area contributed by atoms with Crippen molar-refractivity contribution in [1.29, 1.82) is 0 Å². The first-order valence-corrected chi connectivity index (χ1v) is 5.11. The Morgan fingerprint density at radius 2 is 1.82 bits per heavy atom. The van der Waals surface area contributed by atoms with Crippen molar-refractivity contribution >= 4 is 5.95 Å². The minimum absolute atomic E-state index is 0.108. The lowest BCUT2D eigenvalue weighted by Gasteiger charge is -2.04. The highest BCUT2D eigenvalue weighted by molar-refractivity contribution is 5.31. The number of anilines is 1. The van der Waals surface area contributed by atoms with Crippen LogP contribution in [0.5, 0.6) is 6.01 Å². The van der Waals surface area contributed by atoms with Crippen molar-refractivity contribution in [3.05, 3.63) is 17.0 Å². The van der Waals surface area contributed by atoms with Crippen molar-refractivity contribution in [3.8, 4) is 12.0 Å². The Morgan fingerprint density at radius 3 is 2.35 bits per heavy atom. The van der Waals surface area contributed by atoms with Gasteiger partial charge >= 0.3 is 6.01 Å². The average Bonchev–Trinajstić information content (AvgIpc) is 2.56. The van der Waals surface area contributed by atoms with Crippen LogP contribution in [0.4, 0.5) is 5.95 Å². The maximum atomic E-state index is 5.58. The summed E-state index contributed by atoms with van der Waals surface area (Å²) in [6, 6.07) is 0.178. The molecule has 0 saturated carbocycles. The van der Waals surface area contributed by atoms with E-state index in [4.69, 9.17) is 10.5 Å². The van der Waals surface area contributed by atoms with Crippen LogP contribution in [0.2, 0.25) is 0 Å². The molecule has 2 aromatic heterocycles. The van der Waals surface area contributed by atoms with E-state index >= 15 is 0 Å². The summed E-state index contributed by atoms with van der Waals surface area (Å²) in [5.74, 6) is 0.472. The van der Waals surface area contributed by atoms with Crippen LogP contribution in [0.1, 0.15) is 17.0 Å². The Balaban J connectivity index is 2.59. The molecule has 0 radical (unpaired) electrons. The van der Waals surface area contributed by atoms with Crippen LogP contribution in [-0.2, 0) is 0 Å². The number of methoxy groups -OCH3 is 1. The van der Waals surface area contributed by atoms with Crippen LogP contribution in [-0.4, -0.2) is 31.8 Å². The molecular formula is C10H14N6O. The zero-order valence-electron chi connectivity index (χ0n) is 10.2. The number of nitrogens with zero attached hydrogens (tertiary/aromatic N) is 5. The molecule has 0 amide bonds. The molecule has 0 aromatic carbocycles. The minimum Gasteiger partial charge on any atom is -0.467 e. The summed E-state index contributed by atoms with van der Waals surface area (Å²) >= 11 is 0. The summed E-state index contributed by atoms with van der Waals surface area (Å²) in [4.78, 5) is 12.0. The molecule has 2 rings (SSSR count). The predicted octanol–water partition coefficient (Wildman–Crippen LogP) is 0.573. The van der Waals surface area contributed by atoms with E-state index in [1.165, 1.54) is 7.11 Å². The highest BCUT2D eigenvalue weighted by atomic mass is 16.5. The lowest BCUT2D eigenvalue weighted by Crippen LogP contribution is -2.10. The van der Waals surface area contributed by atoms with Gasteiger partial charge in [-0.25, -0.2) is 4.68 Å². The third kappa shape index (κ3) is 1.91. The van der Waals surface area contributed by atoms with E-state index in [0.717, 1.165) is 17.0 Å². The molecule has 0 aliphatic rings. The third-order valence-electron chi connectivity index (χ3n) is 2.65. The van der Waals surface area contributed by atoms with Crippen molar-refractivity contribution in [2.24, 2.45) is 0 Å². The number of hydrogen-bond donors (Lipinski definition) is 1. The molecule has 0 atom stereocenters. The molecule has 0 aliphatic heterocycles. The molecule has 0 saturated heterocycles. The normalized spacial score (nSPS) is 10.6. The van der Waals surface area contributed by atoms with Gasteiger partial charge in [0.05, 0.1) is 12.8 Å².